The summed E-state index contributed by atoms with van der Waals surface area (Å²) in [6.45, 7) is 0. The van der Waals surface area contributed by atoms with Crippen LogP contribution >= 0.6 is 22.9 Å². The Bertz CT molecular complexity index is 580. The van der Waals surface area contributed by atoms with Crippen LogP contribution < -0.4 is 5.73 Å². The lowest BCUT2D eigenvalue weighted by Gasteiger charge is -2.12. The van der Waals surface area contributed by atoms with Gasteiger partial charge in [-0.3, -0.25) is 0 Å². The number of nitrogens with two attached hydrogens (primary N) is 1. The lowest BCUT2D eigenvalue weighted by atomic mass is 10.0. The first-order valence-corrected chi connectivity index (χ1v) is 7.20. The minimum atomic E-state index is -4.32. The Hall–Kier alpha value is -1.04. The van der Waals surface area contributed by atoms with Gasteiger partial charge in [-0.25, -0.2) is 0 Å². The first-order valence-electron chi connectivity index (χ1n) is 6.00. The third-order valence-corrected chi connectivity index (χ3v) is 4.10. The molecule has 0 aliphatic carbocycles. The quantitative estimate of drug-likeness (QED) is 0.880. The Morgan fingerprint density at radius 2 is 1.90 bits per heavy atom. The zero-order valence-electron chi connectivity index (χ0n) is 10.5. The molecule has 0 amide bonds. The number of benzene rings is 1. The van der Waals surface area contributed by atoms with Crippen molar-refractivity contribution in [3.63, 3.8) is 0 Å². The molecule has 0 fully saturated rings. The zero-order valence-corrected chi connectivity index (χ0v) is 12.0. The highest BCUT2D eigenvalue weighted by atomic mass is 35.5. The van der Waals surface area contributed by atoms with Gasteiger partial charge < -0.3 is 5.73 Å². The van der Waals surface area contributed by atoms with E-state index in [1.807, 2.05) is 6.07 Å². The summed E-state index contributed by atoms with van der Waals surface area (Å²) in [6.07, 6.45) is -3.31. The molecule has 2 rings (SSSR count). The van der Waals surface area contributed by atoms with Crippen LogP contribution in [0.3, 0.4) is 0 Å². The smallest absolute Gasteiger partial charge is 0.327 e. The van der Waals surface area contributed by atoms with Crippen molar-refractivity contribution < 1.29 is 13.2 Å². The second-order valence-electron chi connectivity index (χ2n) is 4.57. The van der Waals surface area contributed by atoms with E-state index < -0.39 is 11.7 Å². The molecule has 1 aromatic heterocycles. The van der Waals surface area contributed by atoms with E-state index in [-0.39, 0.29) is 6.04 Å². The van der Waals surface area contributed by atoms with Gasteiger partial charge in [0, 0.05) is 10.9 Å². The van der Waals surface area contributed by atoms with Crippen molar-refractivity contribution >= 4 is 22.9 Å². The Balaban J connectivity index is 2.02. The summed E-state index contributed by atoms with van der Waals surface area (Å²) in [6, 6.07) is 8.74. The second-order valence-corrected chi connectivity index (χ2v) is 6.37. The Morgan fingerprint density at radius 1 is 1.15 bits per heavy atom. The topological polar surface area (TPSA) is 26.0 Å². The fraction of sp³-hybridized carbons (Fsp3) is 0.286. The number of alkyl halides is 3. The zero-order chi connectivity index (χ0) is 14.8. The van der Waals surface area contributed by atoms with E-state index in [0.29, 0.717) is 22.7 Å². The van der Waals surface area contributed by atoms with Gasteiger partial charge in [-0.1, -0.05) is 29.8 Å². The van der Waals surface area contributed by atoms with Crippen molar-refractivity contribution in [2.75, 3.05) is 0 Å². The van der Waals surface area contributed by atoms with Crippen LogP contribution in [-0.2, 0) is 19.0 Å². The van der Waals surface area contributed by atoms with Gasteiger partial charge in [0.25, 0.3) is 0 Å². The summed E-state index contributed by atoms with van der Waals surface area (Å²) in [7, 11) is 0. The van der Waals surface area contributed by atoms with Crippen LogP contribution in [-0.4, -0.2) is 6.04 Å². The highest BCUT2D eigenvalue weighted by Crippen LogP contribution is 2.30. The molecule has 0 aliphatic rings. The molecule has 1 aromatic carbocycles. The molecular formula is C14H13ClF3NS. The predicted molar refractivity (Wildman–Crippen MR) is 76.2 cm³/mol. The van der Waals surface area contributed by atoms with Gasteiger partial charge >= 0.3 is 6.18 Å². The first-order chi connectivity index (χ1) is 9.34. The Morgan fingerprint density at radius 3 is 2.50 bits per heavy atom. The summed E-state index contributed by atoms with van der Waals surface area (Å²) in [5.74, 6) is 0. The SMILES string of the molecule is NC(Cc1cccc(C(F)(F)F)c1)Cc1ccc(Cl)s1. The number of thiophene rings is 1. The molecule has 20 heavy (non-hydrogen) atoms. The maximum atomic E-state index is 12.6. The summed E-state index contributed by atoms with van der Waals surface area (Å²) < 4.78 is 38.5. The molecule has 2 aromatic rings. The Labute approximate surface area is 124 Å². The molecule has 1 heterocycles. The predicted octanol–water partition coefficient (Wildman–Crippen LogP) is 4.53. The molecule has 0 spiro atoms. The van der Waals surface area contributed by atoms with E-state index >= 15 is 0 Å². The monoisotopic (exact) mass is 319 g/mol. The van der Waals surface area contributed by atoms with Crippen molar-refractivity contribution in [2.24, 2.45) is 5.73 Å². The van der Waals surface area contributed by atoms with E-state index in [4.69, 9.17) is 17.3 Å². The molecule has 0 saturated heterocycles. The fourth-order valence-electron chi connectivity index (χ4n) is 1.97. The average Bonchev–Trinajstić information content (AvgIpc) is 2.73. The minimum absolute atomic E-state index is 0.229. The Kier molecular flexibility index (Phi) is 4.73. The molecule has 1 nitrogen and oxygen atoms in total. The van der Waals surface area contributed by atoms with Crippen molar-refractivity contribution in [3.8, 4) is 0 Å². The lowest BCUT2D eigenvalue weighted by molar-refractivity contribution is -0.137. The molecule has 0 radical (unpaired) electrons. The van der Waals surface area contributed by atoms with Crippen LogP contribution in [0.25, 0.3) is 0 Å². The van der Waals surface area contributed by atoms with E-state index in [9.17, 15) is 13.2 Å². The first kappa shape index (κ1) is 15.4. The van der Waals surface area contributed by atoms with E-state index in [1.54, 1.807) is 12.1 Å². The summed E-state index contributed by atoms with van der Waals surface area (Å²) >= 11 is 7.27. The van der Waals surface area contributed by atoms with Gasteiger partial charge in [-0.2, -0.15) is 13.2 Å². The molecular weight excluding hydrogens is 307 g/mol. The van der Waals surface area contributed by atoms with Crippen LogP contribution in [0.15, 0.2) is 36.4 Å². The molecule has 0 aliphatic heterocycles. The average molecular weight is 320 g/mol. The van der Waals surface area contributed by atoms with Crippen molar-refractivity contribution in [3.05, 3.63) is 56.7 Å². The van der Waals surface area contributed by atoms with Gasteiger partial charge in [0.1, 0.15) is 0 Å². The van der Waals surface area contributed by atoms with Gasteiger partial charge in [0.15, 0.2) is 0 Å². The van der Waals surface area contributed by atoms with E-state index in [1.165, 1.54) is 17.4 Å². The van der Waals surface area contributed by atoms with Crippen molar-refractivity contribution in [1.82, 2.24) is 0 Å². The molecule has 108 valence electrons. The molecule has 1 unspecified atom stereocenters. The highest BCUT2D eigenvalue weighted by Gasteiger charge is 2.30. The third-order valence-electron chi connectivity index (χ3n) is 2.84. The lowest BCUT2D eigenvalue weighted by Crippen LogP contribution is -2.25. The van der Waals surface area contributed by atoms with Crippen LogP contribution in [0.5, 0.6) is 0 Å². The largest absolute Gasteiger partial charge is 0.416 e. The van der Waals surface area contributed by atoms with Gasteiger partial charge in [0.2, 0.25) is 0 Å². The second kappa shape index (κ2) is 6.16. The third kappa shape index (κ3) is 4.23. The number of halogens is 4. The molecule has 6 heteroatoms. The number of hydrogen-bond donors (Lipinski definition) is 1. The van der Waals surface area contributed by atoms with Crippen LogP contribution in [0, 0.1) is 0 Å². The highest BCUT2D eigenvalue weighted by molar-refractivity contribution is 7.16. The summed E-state index contributed by atoms with van der Waals surface area (Å²) in [4.78, 5) is 1.04. The van der Waals surface area contributed by atoms with E-state index in [2.05, 4.69) is 0 Å². The van der Waals surface area contributed by atoms with Gasteiger partial charge in [-0.05, 0) is 36.6 Å². The molecule has 1 atom stereocenters. The van der Waals surface area contributed by atoms with Gasteiger partial charge in [0.05, 0.1) is 9.90 Å². The van der Waals surface area contributed by atoms with Crippen LogP contribution in [0.4, 0.5) is 13.2 Å². The maximum absolute atomic E-state index is 12.6. The summed E-state index contributed by atoms with van der Waals surface area (Å²) in [5, 5.41) is 0. The standard InChI is InChI=1S/C14H13ClF3NS/c15-13-5-4-12(20-13)8-11(19)7-9-2-1-3-10(6-9)14(16,17)18/h1-6,11H,7-8,19H2. The van der Waals surface area contributed by atoms with E-state index in [0.717, 1.165) is 17.0 Å². The van der Waals surface area contributed by atoms with Crippen molar-refractivity contribution in [1.29, 1.82) is 0 Å². The molecule has 0 bridgehead atoms. The molecule has 2 N–H and O–H groups in total. The number of hydrogen-bond acceptors (Lipinski definition) is 2. The van der Waals surface area contributed by atoms with Gasteiger partial charge in [-0.15, -0.1) is 11.3 Å². The minimum Gasteiger partial charge on any atom is -0.327 e. The maximum Gasteiger partial charge on any atom is 0.416 e. The van der Waals surface area contributed by atoms with Crippen LogP contribution in [0.2, 0.25) is 4.34 Å². The van der Waals surface area contributed by atoms with Crippen molar-refractivity contribution in [2.45, 2.75) is 25.1 Å². The fourth-order valence-corrected chi connectivity index (χ4v) is 3.15. The summed E-state index contributed by atoms with van der Waals surface area (Å²) in [5.41, 5.74) is 5.94. The normalized spacial score (nSPS) is 13.4. The van der Waals surface area contributed by atoms with Crippen LogP contribution in [0.1, 0.15) is 16.0 Å². The molecule has 0 saturated carbocycles. The number of rotatable bonds is 4.